The highest BCUT2D eigenvalue weighted by molar-refractivity contribution is 7.15. The Morgan fingerprint density at radius 3 is 2.77 bits per heavy atom. The van der Waals surface area contributed by atoms with Crippen molar-refractivity contribution < 1.29 is 9.84 Å². The average molecular weight is 220 g/mol. The summed E-state index contributed by atoms with van der Waals surface area (Å²) < 4.78 is 5.67. The van der Waals surface area contributed by atoms with Crippen LogP contribution in [0.15, 0.2) is 6.20 Å². The Morgan fingerprint density at radius 2 is 2.23 bits per heavy atom. The molecule has 1 fully saturated rings. The molecule has 0 amide bonds. The minimum Gasteiger partial charge on any atom is -0.384 e. The van der Waals surface area contributed by atoms with Gasteiger partial charge in [0.25, 0.3) is 0 Å². The molecule has 0 atom stereocenters. The largest absolute Gasteiger partial charge is 0.384 e. The topological polar surface area (TPSA) is 42.4 Å². The maximum atomic E-state index is 10.2. The van der Waals surface area contributed by atoms with E-state index in [0.29, 0.717) is 30.5 Å². The predicted molar refractivity (Wildman–Crippen MR) is 51.1 cm³/mol. The van der Waals surface area contributed by atoms with Gasteiger partial charge in [-0.1, -0.05) is 11.6 Å². The highest BCUT2D eigenvalue weighted by Gasteiger charge is 2.33. The molecular formula is C8H10ClNO2S. The van der Waals surface area contributed by atoms with Gasteiger partial charge in [0.1, 0.15) is 5.60 Å². The quantitative estimate of drug-likeness (QED) is 0.783. The van der Waals surface area contributed by atoms with E-state index in [9.17, 15) is 5.11 Å². The monoisotopic (exact) mass is 219 g/mol. The van der Waals surface area contributed by atoms with E-state index in [1.165, 1.54) is 11.3 Å². The standard InChI is InChI=1S/C8H10ClNO2S/c9-7-10-5-6(13-7)8(11)1-3-12-4-2-8/h5,11H,1-4H2. The molecular weight excluding hydrogens is 210 g/mol. The van der Waals surface area contributed by atoms with E-state index in [2.05, 4.69) is 4.98 Å². The van der Waals surface area contributed by atoms with Crippen molar-refractivity contribution in [2.45, 2.75) is 18.4 Å². The molecule has 0 bridgehead atoms. The van der Waals surface area contributed by atoms with E-state index < -0.39 is 5.60 Å². The molecule has 1 saturated heterocycles. The lowest BCUT2D eigenvalue weighted by Crippen LogP contribution is -2.32. The van der Waals surface area contributed by atoms with E-state index >= 15 is 0 Å². The van der Waals surface area contributed by atoms with E-state index in [0.717, 1.165) is 4.88 Å². The van der Waals surface area contributed by atoms with E-state index in [1.807, 2.05) is 0 Å². The van der Waals surface area contributed by atoms with Crippen LogP contribution < -0.4 is 0 Å². The molecule has 1 aliphatic rings. The molecule has 1 aromatic rings. The highest BCUT2D eigenvalue weighted by atomic mass is 35.5. The Bertz CT molecular complexity index is 296. The van der Waals surface area contributed by atoms with Gasteiger partial charge < -0.3 is 9.84 Å². The van der Waals surface area contributed by atoms with Crippen molar-refractivity contribution in [3.05, 3.63) is 15.5 Å². The van der Waals surface area contributed by atoms with Gasteiger partial charge in [-0.05, 0) is 0 Å². The van der Waals surface area contributed by atoms with Crippen molar-refractivity contribution in [2.75, 3.05) is 13.2 Å². The third kappa shape index (κ3) is 1.86. The third-order valence-electron chi connectivity index (χ3n) is 2.26. The fourth-order valence-electron chi connectivity index (χ4n) is 1.42. The molecule has 3 nitrogen and oxygen atoms in total. The molecule has 1 N–H and O–H groups in total. The fraction of sp³-hybridized carbons (Fsp3) is 0.625. The van der Waals surface area contributed by atoms with Gasteiger partial charge in [-0.3, -0.25) is 0 Å². The maximum Gasteiger partial charge on any atom is 0.183 e. The summed E-state index contributed by atoms with van der Waals surface area (Å²) in [6.07, 6.45) is 2.91. The van der Waals surface area contributed by atoms with E-state index in [1.54, 1.807) is 6.20 Å². The van der Waals surface area contributed by atoms with E-state index in [-0.39, 0.29) is 0 Å². The van der Waals surface area contributed by atoms with Crippen LogP contribution >= 0.6 is 22.9 Å². The van der Waals surface area contributed by atoms with Crippen molar-refractivity contribution in [3.63, 3.8) is 0 Å². The fourth-order valence-corrected chi connectivity index (χ4v) is 2.51. The number of halogens is 1. The summed E-state index contributed by atoms with van der Waals surface area (Å²) in [5.74, 6) is 0. The van der Waals surface area contributed by atoms with Crippen molar-refractivity contribution in [1.82, 2.24) is 4.98 Å². The Hall–Kier alpha value is -0.160. The molecule has 1 aromatic heterocycles. The minimum absolute atomic E-state index is 0.481. The average Bonchev–Trinajstić information content (AvgIpc) is 2.54. The van der Waals surface area contributed by atoms with Gasteiger partial charge in [-0.15, -0.1) is 11.3 Å². The number of rotatable bonds is 1. The molecule has 13 heavy (non-hydrogen) atoms. The number of nitrogens with zero attached hydrogens (tertiary/aromatic N) is 1. The van der Waals surface area contributed by atoms with Crippen LogP contribution in [-0.4, -0.2) is 23.3 Å². The molecule has 0 aliphatic carbocycles. The molecule has 0 unspecified atom stereocenters. The summed E-state index contributed by atoms with van der Waals surface area (Å²) in [6.45, 7) is 1.21. The lowest BCUT2D eigenvalue weighted by molar-refractivity contribution is -0.0657. The second-order valence-electron chi connectivity index (χ2n) is 3.12. The first kappa shape index (κ1) is 9.40. The van der Waals surface area contributed by atoms with Crippen LogP contribution in [-0.2, 0) is 10.3 Å². The summed E-state index contributed by atoms with van der Waals surface area (Å²) in [7, 11) is 0. The third-order valence-corrected chi connectivity index (χ3v) is 3.56. The van der Waals surface area contributed by atoms with Gasteiger partial charge in [0.2, 0.25) is 0 Å². The molecule has 2 heterocycles. The lowest BCUT2D eigenvalue weighted by atomic mass is 9.93. The number of ether oxygens (including phenoxy) is 1. The van der Waals surface area contributed by atoms with Gasteiger partial charge in [-0.2, -0.15) is 0 Å². The molecule has 72 valence electrons. The number of thiazole rings is 1. The molecule has 0 spiro atoms. The van der Waals surface area contributed by atoms with Crippen LogP contribution in [0, 0.1) is 0 Å². The van der Waals surface area contributed by atoms with Crippen molar-refractivity contribution in [3.8, 4) is 0 Å². The first-order chi connectivity index (χ1) is 6.21. The Labute approximate surface area is 85.3 Å². The lowest BCUT2D eigenvalue weighted by Gasteiger charge is -2.30. The Morgan fingerprint density at radius 1 is 1.54 bits per heavy atom. The molecule has 5 heteroatoms. The maximum absolute atomic E-state index is 10.2. The van der Waals surface area contributed by atoms with Crippen molar-refractivity contribution in [2.24, 2.45) is 0 Å². The van der Waals surface area contributed by atoms with Gasteiger partial charge in [-0.25, -0.2) is 4.98 Å². The van der Waals surface area contributed by atoms with Crippen LogP contribution in [0.3, 0.4) is 0 Å². The van der Waals surface area contributed by atoms with Crippen LogP contribution in [0.2, 0.25) is 4.47 Å². The second-order valence-corrected chi connectivity index (χ2v) is 4.73. The summed E-state index contributed by atoms with van der Waals surface area (Å²) in [4.78, 5) is 4.77. The summed E-state index contributed by atoms with van der Waals surface area (Å²) in [6, 6.07) is 0. The molecule has 0 aromatic carbocycles. The summed E-state index contributed by atoms with van der Waals surface area (Å²) in [5.41, 5.74) is -0.761. The Kier molecular flexibility index (Phi) is 2.55. The van der Waals surface area contributed by atoms with Gasteiger partial charge in [0, 0.05) is 32.3 Å². The van der Waals surface area contributed by atoms with Gasteiger partial charge in [0.15, 0.2) is 4.47 Å². The van der Waals surface area contributed by atoms with Crippen molar-refractivity contribution in [1.29, 1.82) is 0 Å². The Balaban J connectivity index is 2.22. The molecule has 0 saturated carbocycles. The molecule has 2 rings (SSSR count). The predicted octanol–water partition coefficient (Wildman–Crippen LogP) is 1.79. The zero-order valence-electron chi connectivity index (χ0n) is 6.99. The second kappa shape index (κ2) is 3.53. The SMILES string of the molecule is OC1(c2cnc(Cl)s2)CCOCC1. The highest BCUT2D eigenvalue weighted by Crippen LogP contribution is 2.36. The summed E-state index contributed by atoms with van der Waals surface area (Å²) >= 11 is 7.05. The zero-order valence-corrected chi connectivity index (χ0v) is 8.57. The van der Waals surface area contributed by atoms with Crippen LogP contribution in [0.25, 0.3) is 0 Å². The first-order valence-corrected chi connectivity index (χ1v) is 5.32. The van der Waals surface area contributed by atoms with Gasteiger partial charge >= 0.3 is 0 Å². The van der Waals surface area contributed by atoms with Gasteiger partial charge in [0.05, 0.1) is 4.88 Å². The number of hydrogen-bond donors (Lipinski definition) is 1. The number of hydrogen-bond acceptors (Lipinski definition) is 4. The summed E-state index contributed by atoms with van der Waals surface area (Å²) in [5, 5.41) is 10.2. The number of aromatic nitrogens is 1. The van der Waals surface area contributed by atoms with Crippen molar-refractivity contribution >= 4 is 22.9 Å². The zero-order chi connectivity index (χ0) is 9.31. The first-order valence-electron chi connectivity index (χ1n) is 4.13. The molecule has 1 aliphatic heterocycles. The normalized spacial score (nSPS) is 21.7. The van der Waals surface area contributed by atoms with Crippen LogP contribution in [0.1, 0.15) is 17.7 Å². The van der Waals surface area contributed by atoms with E-state index in [4.69, 9.17) is 16.3 Å². The van der Waals surface area contributed by atoms with Crippen LogP contribution in [0.4, 0.5) is 0 Å². The molecule has 0 radical (unpaired) electrons. The van der Waals surface area contributed by atoms with Crippen LogP contribution in [0.5, 0.6) is 0 Å². The number of aliphatic hydroxyl groups is 1. The minimum atomic E-state index is -0.761. The smallest absolute Gasteiger partial charge is 0.183 e.